The molecule has 2 aromatic carbocycles. The second-order valence-electron chi connectivity index (χ2n) is 10.7. The zero-order valence-electron chi connectivity index (χ0n) is 27.3. The molecule has 0 radical (unpaired) electrons. The summed E-state index contributed by atoms with van der Waals surface area (Å²) in [5.74, 6) is 0.899. The summed E-state index contributed by atoms with van der Waals surface area (Å²) in [4.78, 5) is 28.7. The van der Waals surface area contributed by atoms with Gasteiger partial charge in [0.1, 0.15) is 12.4 Å². The van der Waals surface area contributed by atoms with Crippen LogP contribution in [0.2, 0.25) is 0 Å². The molecule has 1 aromatic heterocycles. The highest BCUT2D eigenvalue weighted by Gasteiger charge is 2.04. The molecule has 11 nitrogen and oxygen atoms in total. The van der Waals surface area contributed by atoms with E-state index in [2.05, 4.69) is 25.4 Å². The first-order valence-corrected chi connectivity index (χ1v) is 16.1. The van der Waals surface area contributed by atoms with Crippen molar-refractivity contribution in [1.29, 1.82) is 0 Å². The molecule has 246 valence electrons. The van der Waals surface area contributed by atoms with E-state index >= 15 is 0 Å². The van der Waals surface area contributed by atoms with E-state index in [1.165, 1.54) is 12.8 Å². The fourth-order valence-corrected chi connectivity index (χ4v) is 4.19. The summed E-state index contributed by atoms with van der Waals surface area (Å²) in [6, 6.07) is 18.6. The van der Waals surface area contributed by atoms with E-state index in [9.17, 15) is 9.59 Å². The maximum absolute atomic E-state index is 11.3. The first-order valence-electron chi connectivity index (χ1n) is 16.1. The fraction of sp³-hybridized carbons (Fsp3) is 0.457. The molecule has 0 fully saturated rings. The van der Waals surface area contributed by atoms with Crippen LogP contribution in [0.1, 0.15) is 71.6 Å². The lowest BCUT2D eigenvalue weighted by Gasteiger charge is -2.19. The van der Waals surface area contributed by atoms with E-state index in [0.29, 0.717) is 62.1 Å². The van der Waals surface area contributed by atoms with Gasteiger partial charge in [-0.3, -0.25) is 9.59 Å². The number of pyridine rings is 1. The molecule has 0 bridgehead atoms. The van der Waals surface area contributed by atoms with E-state index in [1.54, 1.807) is 19.2 Å². The standard InChI is InChI=1S/C35H46N6O5/c1-4-34(42)45-25-12-10-8-6-7-9-11-24-44-32-21-22-33(36-27-32)40-39-29-15-13-28(14-16-29)37-38-30-17-19-31(20-18-30)41(3)23-26-46-35(43)5-2/h13-22,27H,4-12,23-26H2,1-3H3. The van der Waals surface area contributed by atoms with Crippen LogP contribution in [0, 0.1) is 0 Å². The van der Waals surface area contributed by atoms with Gasteiger partial charge in [0, 0.05) is 25.6 Å². The Labute approximate surface area is 272 Å². The Balaban J connectivity index is 1.31. The van der Waals surface area contributed by atoms with Crippen LogP contribution < -0.4 is 9.64 Å². The number of anilines is 1. The number of nitrogens with zero attached hydrogens (tertiary/aromatic N) is 6. The molecule has 0 saturated heterocycles. The van der Waals surface area contributed by atoms with Gasteiger partial charge in [-0.05, 0) is 73.5 Å². The average molecular weight is 631 g/mol. The fourth-order valence-electron chi connectivity index (χ4n) is 4.19. The highest BCUT2D eigenvalue weighted by Crippen LogP contribution is 2.25. The van der Waals surface area contributed by atoms with Gasteiger partial charge in [0.2, 0.25) is 0 Å². The minimum atomic E-state index is -0.194. The van der Waals surface area contributed by atoms with Crippen LogP contribution in [0.5, 0.6) is 5.75 Å². The maximum Gasteiger partial charge on any atom is 0.305 e. The van der Waals surface area contributed by atoms with Gasteiger partial charge in [-0.1, -0.05) is 46.0 Å². The number of benzene rings is 2. The molecular formula is C35H46N6O5. The smallest absolute Gasteiger partial charge is 0.305 e. The van der Waals surface area contributed by atoms with Gasteiger partial charge in [-0.15, -0.1) is 10.2 Å². The lowest BCUT2D eigenvalue weighted by atomic mass is 10.1. The SMILES string of the molecule is CCC(=O)OCCCCCCCCCOc1ccc(N=Nc2ccc(N=Nc3ccc(N(C)CCOC(=O)CC)cc3)cc2)nc1. The van der Waals surface area contributed by atoms with E-state index in [-0.39, 0.29) is 11.9 Å². The average Bonchev–Trinajstić information content (AvgIpc) is 3.09. The third-order valence-electron chi connectivity index (χ3n) is 7.00. The number of unbranched alkanes of at least 4 members (excludes halogenated alkanes) is 6. The predicted molar refractivity (Wildman–Crippen MR) is 179 cm³/mol. The van der Waals surface area contributed by atoms with Crippen molar-refractivity contribution < 1.29 is 23.8 Å². The largest absolute Gasteiger partial charge is 0.492 e. The van der Waals surface area contributed by atoms with Gasteiger partial charge in [0.25, 0.3) is 0 Å². The summed E-state index contributed by atoms with van der Waals surface area (Å²) >= 11 is 0. The van der Waals surface area contributed by atoms with Gasteiger partial charge in [-0.25, -0.2) is 4.98 Å². The Hall–Kier alpha value is -4.67. The van der Waals surface area contributed by atoms with Crippen molar-refractivity contribution in [1.82, 2.24) is 4.98 Å². The van der Waals surface area contributed by atoms with Crippen LogP contribution in [0.15, 0.2) is 87.3 Å². The van der Waals surface area contributed by atoms with Crippen molar-refractivity contribution in [2.75, 3.05) is 38.3 Å². The van der Waals surface area contributed by atoms with Gasteiger partial charge in [0.15, 0.2) is 5.82 Å². The third kappa shape index (κ3) is 14.4. The maximum atomic E-state index is 11.3. The molecule has 3 aromatic rings. The lowest BCUT2D eigenvalue weighted by Crippen LogP contribution is -2.23. The van der Waals surface area contributed by atoms with Crippen LogP contribution >= 0.6 is 0 Å². The van der Waals surface area contributed by atoms with Gasteiger partial charge < -0.3 is 19.1 Å². The van der Waals surface area contributed by atoms with E-state index in [1.807, 2.05) is 73.5 Å². The zero-order valence-corrected chi connectivity index (χ0v) is 27.3. The van der Waals surface area contributed by atoms with Gasteiger partial charge in [0.05, 0.1) is 43.0 Å². The number of rotatable bonds is 21. The monoisotopic (exact) mass is 630 g/mol. The second kappa shape index (κ2) is 21.1. The topological polar surface area (TPSA) is 127 Å². The second-order valence-corrected chi connectivity index (χ2v) is 10.7. The number of azo groups is 2. The Kier molecular flexibility index (Phi) is 16.5. The summed E-state index contributed by atoms with van der Waals surface area (Å²) in [7, 11) is 1.95. The molecule has 1 heterocycles. The molecule has 0 amide bonds. The minimum Gasteiger partial charge on any atom is -0.492 e. The highest BCUT2D eigenvalue weighted by molar-refractivity contribution is 5.69. The van der Waals surface area contributed by atoms with E-state index in [4.69, 9.17) is 14.2 Å². The van der Waals surface area contributed by atoms with Crippen molar-refractivity contribution in [3.8, 4) is 5.75 Å². The molecule has 3 rings (SSSR count). The molecule has 0 saturated carbocycles. The number of hydrogen-bond acceptors (Lipinski definition) is 11. The van der Waals surface area contributed by atoms with Crippen LogP contribution in [-0.4, -0.2) is 50.3 Å². The Morgan fingerprint density at radius 1 is 0.630 bits per heavy atom. The summed E-state index contributed by atoms with van der Waals surface area (Å²) in [5, 5.41) is 17.1. The Bertz CT molecular complexity index is 1360. The number of aromatic nitrogens is 1. The van der Waals surface area contributed by atoms with Crippen molar-refractivity contribution in [2.24, 2.45) is 20.5 Å². The van der Waals surface area contributed by atoms with Gasteiger partial charge in [-0.2, -0.15) is 10.2 Å². The first kappa shape index (κ1) is 35.8. The first-order chi connectivity index (χ1) is 22.5. The number of likely N-dealkylation sites (N-methyl/N-ethyl adjacent to an activating group) is 1. The number of carbonyl (C=O) groups is 2. The van der Waals surface area contributed by atoms with Crippen LogP contribution in [-0.2, 0) is 19.1 Å². The van der Waals surface area contributed by atoms with E-state index in [0.717, 1.165) is 43.5 Å². The molecule has 11 heteroatoms. The van der Waals surface area contributed by atoms with Crippen molar-refractivity contribution in [3.63, 3.8) is 0 Å². The number of ether oxygens (including phenoxy) is 3. The normalized spacial score (nSPS) is 11.2. The summed E-state index contributed by atoms with van der Waals surface area (Å²) in [6.07, 6.45) is 10.2. The minimum absolute atomic E-state index is 0.118. The molecular weight excluding hydrogens is 584 g/mol. The van der Waals surface area contributed by atoms with Crippen LogP contribution in [0.4, 0.5) is 28.6 Å². The zero-order chi connectivity index (χ0) is 32.8. The number of esters is 2. The molecule has 46 heavy (non-hydrogen) atoms. The summed E-state index contributed by atoms with van der Waals surface area (Å²) in [5.41, 5.74) is 3.10. The number of carbonyl (C=O) groups excluding carboxylic acids is 2. The molecule has 0 aliphatic carbocycles. The van der Waals surface area contributed by atoms with Gasteiger partial charge >= 0.3 is 11.9 Å². The van der Waals surface area contributed by atoms with Crippen LogP contribution in [0.3, 0.4) is 0 Å². The van der Waals surface area contributed by atoms with Crippen molar-refractivity contribution in [3.05, 3.63) is 66.9 Å². The predicted octanol–water partition coefficient (Wildman–Crippen LogP) is 9.36. The lowest BCUT2D eigenvalue weighted by molar-refractivity contribution is -0.144. The Morgan fingerprint density at radius 3 is 1.67 bits per heavy atom. The van der Waals surface area contributed by atoms with E-state index < -0.39 is 0 Å². The molecule has 0 unspecified atom stereocenters. The third-order valence-corrected chi connectivity index (χ3v) is 7.00. The van der Waals surface area contributed by atoms with Crippen molar-refractivity contribution >= 4 is 40.5 Å². The molecule has 0 N–H and O–H groups in total. The summed E-state index contributed by atoms with van der Waals surface area (Å²) < 4.78 is 16.0. The molecule has 0 aliphatic rings. The molecule has 0 aliphatic heterocycles. The summed E-state index contributed by atoms with van der Waals surface area (Å²) in [6.45, 7) is 5.74. The number of hydrogen-bond donors (Lipinski definition) is 0. The quantitative estimate of drug-likeness (QED) is 0.0651. The Morgan fingerprint density at radius 2 is 1.13 bits per heavy atom. The highest BCUT2D eigenvalue weighted by atomic mass is 16.5. The van der Waals surface area contributed by atoms with Crippen molar-refractivity contribution in [2.45, 2.75) is 71.6 Å². The van der Waals surface area contributed by atoms with Crippen LogP contribution in [0.25, 0.3) is 0 Å². The molecule has 0 spiro atoms. The molecule has 0 atom stereocenters.